The zero-order valence-electron chi connectivity index (χ0n) is 10.7. The number of rotatable bonds is 6. The van der Waals surface area contributed by atoms with Crippen LogP contribution in [0.4, 0.5) is 0 Å². The summed E-state index contributed by atoms with van der Waals surface area (Å²) in [7, 11) is 0. The summed E-state index contributed by atoms with van der Waals surface area (Å²) in [6, 6.07) is 0. The lowest BCUT2D eigenvalue weighted by molar-refractivity contribution is -0.141. The van der Waals surface area contributed by atoms with E-state index in [0.29, 0.717) is 32.6 Å². The Labute approximate surface area is 107 Å². The van der Waals surface area contributed by atoms with Crippen LogP contribution in [0.15, 0.2) is 0 Å². The summed E-state index contributed by atoms with van der Waals surface area (Å²) in [5, 5.41) is 8.56. The van der Waals surface area contributed by atoms with Gasteiger partial charge in [0, 0.05) is 19.6 Å². The molecule has 2 rings (SSSR count). The number of likely N-dealkylation sites (tertiary alicyclic amines) is 1. The number of hydrogen-bond acceptors (Lipinski definition) is 4. The summed E-state index contributed by atoms with van der Waals surface area (Å²) in [4.78, 5) is 25.6. The van der Waals surface area contributed by atoms with Crippen LogP contribution in [0.1, 0.15) is 38.5 Å². The molecule has 0 atom stereocenters. The number of ether oxygens (including phenoxy) is 1. The molecule has 2 aliphatic rings. The van der Waals surface area contributed by atoms with Crippen LogP contribution in [0.2, 0.25) is 0 Å². The van der Waals surface area contributed by atoms with Gasteiger partial charge in [0.1, 0.15) is 0 Å². The molecule has 0 unspecified atom stereocenters. The Hall–Kier alpha value is -0.940. The number of hydrogen-bond donors (Lipinski definition) is 1. The normalized spacial score (nSPS) is 22.4. The molecule has 18 heavy (non-hydrogen) atoms. The van der Waals surface area contributed by atoms with Crippen LogP contribution in [0.25, 0.3) is 0 Å². The minimum Gasteiger partial charge on any atom is -0.394 e. The lowest BCUT2D eigenvalue weighted by Crippen LogP contribution is -2.35. The second-order valence-corrected chi connectivity index (χ2v) is 5.20. The third-order valence-electron chi connectivity index (χ3n) is 3.96. The molecular weight excluding hydrogens is 234 g/mol. The van der Waals surface area contributed by atoms with Gasteiger partial charge in [-0.25, -0.2) is 0 Å². The first-order valence-corrected chi connectivity index (χ1v) is 6.73. The van der Waals surface area contributed by atoms with Gasteiger partial charge in [-0.3, -0.25) is 14.5 Å². The number of amides is 2. The van der Waals surface area contributed by atoms with E-state index in [0.717, 1.165) is 25.7 Å². The van der Waals surface area contributed by atoms with Crippen molar-refractivity contribution >= 4 is 11.8 Å². The molecule has 5 nitrogen and oxygen atoms in total. The second-order valence-electron chi connectivity index (χ2n) is 5.20. The molecule has 1 heterocycles. The van der Waals surface area contributed by atoms with E-state index in [2.05, 4.69) is 0 Å². The summed E-state index contributed by atoms with van der Waals surface area (Å²) >= 11 is 0. The Kier molecular flexibility index (Phi) is 4.35. The van der Waals surface area contributed by atoms with Crippen LogP contribution in [0.3, 0.4) is 0 Å². The number of aliphatic hydroxyl groups excluding tert-OH is 1. The molecule has 5 heteroatoms. The summed E-state index contributed by atoms with van der Waals surface area (Å²) in [6.45, 7) is 1.24. The number of imide groups is 1. The Morgan fingerprint density at radius 3 is 2.61 bits per heavy atom. The number of carbonyl (C=O) groups is 2. The molecule has 0 aromatic rings. The van der Waals surface area contributed by atoms with Crippen molar-refractivity contribution in [3.05, 3.63) is 0 Å². The van der Waals surface area contributed by atoms with Crippen molar-refractivity contribution in [3.63, 3.8) is 0 Å². The fourth-order valence-corrected chi connectivity index (χ4v) is 3.02. The molecule has 1 aliphatic heterocycles. The molecule has 0 bridgehead atoms. The highest BCUT2D eigenvalue weighted by Crippen LogP contribution is 2.46. The van der Waals surface area contributed by atoms with Crippen LogP contribution < -0.4 is 0 Å². The van der Waals surface area contributed by atoms with Gasteiger partial charge >= 0.3 is 0 Å². The lowest BCUT2D eigenvalue weighted by Gasteiger charge is -2.20. The lowest BCUT2D eigenvalue weighted by atomic mass is 9.84. The first-order valence-electron chi connectivity index (χ1n) is 6.73. The third-order valence-corrected chi connectivity index (χ3v) is 3.96. The average molecular weight is 255 g/mol. The first kappa shape index (κ1) is 13.5. The molecule has 2 fully saturated rings. The van der Waals surface area contributed by atoms with Crippen molar-refractivity contribution in [1.82, 2.24) is 4.90 Å². The SMILES string of the molecule is O=C1CC2(CCCC2)C(=O)N1CCCOCCO. The molecule has 1 saturated carbocycles. The molecule has 0 aromatic carbocycles. The van der Waals surface area contributed by atoms with Gasteiger partial charge < -0.3 is 9.84 Å². The quantitative estimate of drug-likeness (QED) is 0.560. The van der Waals surface area contributed by atoms with Gasteiger partial charge in [0.25, 0.3) is 0 Å². The predicted molar refractivity (Wildman–Crippen MR) is 64.8 cm³/mol. The summed E-state index contributed by atoms with van der Waals surface area (Å²) in [5.74, 6) is 0.0104. The smallest absolute Gasteiger partial charge is 0.235 e. The van der Waals surface area contributed by atoms with Gasteiger partial charge in [0.2, 0.25) is 11.8 Å². The first-order chi connectivity index (χ1) is 8.69. The number of nitrogens with zero attached hydrogens (tertiary/aromatic N) is 1. The topological polar surface area (TPSA) is 66.8 Å². The molecule has 2 amide bonds. The monoisotopic (exact) mass is 255 g/mol. The van der Waals surface area contributed by atoms with Crippen LogP contribution in [0.5, 0.6) is 0 Å². The maximum Gasteiger partial charge on any atom is 0.235 e. The Morgan fingerprint density at radius 1 is 1.22 bits per heavy atom. The van der Waals surface area contributed by atoms with Gasteiger partial charge in [-0.1, -0.05) is 12.8 Å². The summed E-state index contributed by atoms with van der Waals surface area (Å²) in [6.07, 6.45) is 4.92. The van der Waals surface area contributed by atoms with E-state index in [1.54, 1.807) is 0 Å². The molecule has 0 aromatic heterocycles. The zero-order chi connectivity index (χ0) is 13.0. The summed E-state index contributed by atoms with van der Waals surface area (Å²) in [5.41, 5.74) is -0.358. The van der Waals surface area contributed by atoms with E-state index >= 15 is 0 Å². The number of carbonyl (C=O) groups excluding carboxylic acids is 2. The third kappa shape index (κ3) is 2.57. The van der Waals surface area contributed by atoms with Crippen molar-refractivity contribution in [2.24, 2.45) is 5.41 Å². The highest BCUT2D eigenvalue weighted by molar-refractivity contribution is 6.06. The summed E-state index contributed by atoms with van der Waals surface area (Å²) < 4.78 is 5.13. The van der Waals surface area contributed by atoms with E-state index in [1.165, 1.54) is 4.90 Å². The van der Waals surface area contributed by atoms with Crippen molar-refractivity contribution < 1.29 is 19.4 Å². The highest BCUT2D eigenvalue weighted by atomic mass is 16.5. The Morgan fingerprint density at radius 2 is 1.94 bits per heavy atom. The van der Waals surface area contributed by atoms with Gasteiger partial charge in [-0.2, -0.15) is 0 Å². The van der Waals surface area contributed by atoms with Crippen molar-refractivity contribution in [2.75, 3.05) is 26.4 Å². The molecule has 1 saturated heterocycles. The van der Waals surface area contributed by atoms with Crippen LogP contribution in [-0.4, -0.2) is 48.2 Å². The minimum absolute atomic E-state index is 0.00465. The van der Waals surface area contributed by atoms with E-state index in [-0.39, 0.29) is 23.8 Å². The van der Waals surface area contributed by atoms with Crippen LogP contribution >= 0.6 is 0 Å². The minimum atomic E-state index is -0.358. The zero-order valence-corrected chi connectivity index (χ0v) is 10.7. The van der Waals surface area contributed by atoms with Gasteiger partial charge in [0.15, 0.2) is 0 Å². The number of aliphatic hydroxyl groups is 1. The second kappa shape index (κ2) is 5.80. The average Bonchev–Trinajstić information content (AvgIpc) is 2.90. The van der Waals surface area contributed by atoms with Crippen LogP contribution in [0, 0.1) is 5.41 Å². The maximum atomic E-state index is 12.3. The van der Waals surface area contributed by atoms with Gasteiger partial charge in [-0.15, -0.1) is 0 Å². The molecule has 1 aliphatic carbocycles. The van der Waals surface area contributed by atoms with Gasteiger partial charge in [0.05, 0.1) is 18.6 Å². The molecular formula is C13H21NO4. The molecule has 1 N–H and O–H groups in total. The van der Waals surface area contributed by atoms with E-state index < -0.39 is 0 Å². The van der Waals surface area contributed by atoms with Gasteiger partial charge in [-0.05, 0) is 19.3 Å². The molecule has 0 radical (unpaired) electrons. The van der Waals surface area contributed by atoms with Crippen molar-refractivity contribution in [1.29, 1.82) is 0 Å². The van der Waals surface area contributed by atoms with E-state index in [9.17, 15) is 9.59 Å². The van der Waals surface area contributed by atoms with Crippen molar-refractivity contribution in [3.8, 4) is 0 Å². The predicted octanol–water partition coefficient (Wildman–Crippen LogP) is 0.705. The van der Waals surface area contributed by atoms with E-state index in [4.69, 9.17) is 9.84 Å². The highest BCUT2D eigenvalue weighted by Gasteiger charge is 2.52. The Balaban J connectivity index is 1.82. The van der Waals surface area contributed by atoms with Crippen molar-refractivity contribution in [2.45, 2.75) is 38.5 Å². The molecule has 102 valence electrons. The Bertz CT molecular complexity index is 323. The fourth-order valence-electron chi connectivity index (χ4n) is 3.02. The van der Waals surface area contributed by atoms with Crippen LogP contribution in [-0.2, 0) is 14.3 Å². The largest absolute Gasteiger partial charge is 0.394 e. The fraction of sp³-hybridized carbons (Fsp3) is 0.846. The standard InChI is InChI=1S/C13H21NO4/c15-7-9-18-8-3-6-14-11(16)10-13(12(14)17)4-1-2-5-13/h15H,1-10H2. The molecule has 1 spiro atoms. The maximum absolute atomic E-state index is 12.3. The van der Waals surface area contributed by atoms with E-state index in [1.807, 2.05) is 0 Å².